The molecule has 3 aromatic rings. The minimum atomic E-state index is -4.21. The first-order valence-corrected chi connectivity index (χ1v) is 12.9. The van der Waals surface area contributed by atoms with Crippen molar-refractivity contribution in [1.29, 1.82) is 0 Å². The van der Waals surface area contributed by atoms with E-state index in [1.807, 2.05) is 0 Å². The fraction of sp³-hybridized carbons (Fsp3) is 0.160. The molecule has 0 saturated carbocycles. The Bertz CT molecular complexity index is 1410. The lowest BCUT2D eigenvalue weighted by atomic mass is 10.1. The molecule has 2 N–H and O–H groups in total. The third-order valence-electron chi connectivity index (χ3n) is 5.91. The molecule has 0 spiro atoms. The van der Waals surface area contributed by atoms with Gasteiger partial charge in [-0.05, 0) is 67.1 Å². The van der Waals surface area contributed by atoms with Gasteiger partial charge in [-0.3, -0.25) is 24.5 Å². The number of nitrogens with zero attached hydrogens (tertiary/aromatic N) is 2. The topological polar surface area (TPSA) is 133 Å². The van der Waals surface area contributed by atoms with Gasteiger partial charge in [0.05, 0.1) is 16.0 Å². The number of hydroxylamine groups is 1. The molecule has 0 aromatic heterocycles. The van der Waals surface area contributed by atoms with Crippen molar-refractivity contribution in [2.75, 3.05) is 13.6 Å². The Morgan fingerprint density at radius 1 is 0.973 bits per heavy atom. The number of carbonyl (C=O) groups is 3. The average molecular weight is 544 g/mol. The lowest BCUT2D eigenvalue weighted by Crippen LogP contribution is -2.48. The predicted molar refractivity (Wildman–Crippen MR) is 133 cm³/mol. The van der Waals surface area contributed by atoms with Crippen molar-refractivity contribution in [3.63, 3.8) is 0 Å². The first-order valence-electron chi connectivity index (χ1n) is 11.0. The van der Waals surface area contributed by atoms with Gasteiger partial charge in [0.15, 0.2) is 0 Å². The van der Waals surface area contributed by atoms with E-state index in [9.17, 15) is 28.0 Å². The van der Waals surface area contributed by atoms with Crippen LogP contribution in [0.4, 0.5) is 0 Å². The molecular formula is C25H22ClN3O7S. The standard InChI is InChI=1S/C25H22ClN3O7S/c1-28(37(34,35)19-12-10-18(11-13-19)36-17-8-6-16(26)7-9-17)22(23(30)27-33)14-15-29-24(31)20-4-2-3-5-21(20)25(29)32/h2-13,22,33H,14-15H2,1H3,(H,27,30). The average Bonchev–Trinajstić information content (AvgIpc) is 3.15. The molecule has 1 unspecified atom stereocenters. The Kier molecular flexibility index (Phi) is 7.60. The van der Waals surface area contributed by atoms with E-state index in [2.05, 4.69) is 0 Å². The van der Waals surface area contributed by atoms with Crippen molar-refractivity contribution in [3.05, 3.63) is 88.9 Å². The van der Waals surface area contributed by atoms with Gasteiger partial charge in [0.2, 0.25) is 10.0 Å². The third kappa shape index (κ3) is 5.35. The summed E-state index contributed by atoms with van der Waals surface area (Å²) in [6.07, 6.45) is -0.245. The van der Waals surface area contributed by atoms with E-state index in [1.54, 1.807) is 36.4 Å². The van der Waals surface area contributed by atoms with E-state index in [0.717, 1.165) is 9.21 Å². The van der Waals surface area contributed by atoms with Gasteiger partial charge < -0.3 is 4.74 Å². The number of rotatable bonds is 9. The van der Waals surface area contributed by atoms with E-state index >= 15 is 0 Å². The second-order valence-corrected chi connectivity index (χ2v) is 10.6. The van der Waals surface area contributed by atoms with E-state index in [0.29, 0.717) is 16.5 Å². The molecule has 37 heavy (non-hydrogen) atoms. The molecular weight excluding hydrogens is 522 g/mol. The molecule has 3 aromatic carbocycles. The van der Waals surface area contributed by atoms with Gasteiger partial charge in [-0.15, -0.1) is 0 Å². The molecule has 10 nitrogen and oxygen atoms in total. The smallest absolute Gasteiger partial charge is 0.261 e. The second-order valence-electron chi connectivity index (χ2n) is 8.14. The number of sulfonamides is 1. The molecule has 1 aliphatic rings. The van der Waals surface area contributed by atoms with Crippen molar-refractivity contribution >= 4 is 39.3 Å². The molecule has 1 heterocycles. The fourth-order valence-electron chi connectivity index (χ4n) is 3.90. The van der Waals surface area contributed by atoms with E-state index in [1.165, 1.54) is 48.9 Å². The SMILES string of the molecule is CN(C(CCN1C(=O)c2ccccc2C1=O)C(=O)NO)S(=O)(=O)c1ccc(Oc2ccc(Cl)cc2)cc1. The Morgan fingerprint density at radius 3 is 2.00 bits per heavy atom. The van der Waals surface area contributed by atoms with Crippen molar-refractivity contribution in [1.82, 2.24) is 14.7 Å². The summed E-state index contributed by atoms with van der Waals surface area (Å²) in [4.78, 5) is 38.5. The number of amides is 3. The highest BCUT2D eigenvalue weighted by atomic mass is 35.5. The molecule has 192 valence electrons. The van der Waals surface area contributed by atoms with Crippen LogP contribution in [0.25, 0.3) is 0 Å². The normalized spacial score (nSPS) is 14.0. The number of imide groups is 1. The summed E-state index contributed by atoms with van der Waals surface area (Å²) in [7, 11) is -3.04. The van der Waals surface area contributed by atoms with Gasteiger partial charge >= 0.3 is 0 Å². The van der Waals surface area contributed by atoms with Crippen LogP contribution >= 0.6 is 11.6 Å². The van der Waals surface area contributed by atoms with Gasteiger partial charge in [0.25, 0.3) is 17.7 Å². The van der Waals surface area contributed by atoms with Gasteiger partial charge in [-0.1, -0.05) is 23.7 Å². The number of benzene rings is 3. The quantitative estimate of drug-likeness (QED) is 0.240. The van der Waals surface area contributed by atoms with Crippen LogP contribution in [0.2, 0.25) is 5.02 Å². The zero-order valence-electron chi connectivity index (χ0n) is 19.5. The lowest BCUT2D eigenvalue weighted by molar-refractivity contribution is -0.133. The van der Waals surface area contributed by atoms with Gasteiger partial charge in [0.1, 0.15) is 17.5 Å². The summed E-state index contributed by atoms with van der Waals surface area (Å²) in [5, 5.41) is 9.77. The van der Waals surface area contributed by atoms with Crippen LogP contribution in [0, 0.1) is 0 Å². The van der Waals surface area contributed by atoms with Crippen molar-refractivity contribution in [2.24, 2.45) is 0 Å². The predicted octanol–water partition coefficient (Wildman–Crippen LogP) is 3.31. The number of likely N-dealkylation sites (N-methyl/N-ethyl adjacent to an activating group) is 1. The maximum Gasteiger partial charge on any atom is 0.261 e. The van der Waals surface area contributed by atoms with Crippen LogP contribution in [0.15, 0.2) is 77.7 Å². The van der Waals surface area contributed by atoms with Crippen molar-refractivity contribution in [3.8, 4) is 11.5 Å². The maximum absolute atomic E-state index is 13.3. The van der Waals surface area contributed by atoms with Crippen LogP contribution in [0.1, 0.15) is 27.1 Å². The number of hydrogen-bond acceptors (Lipinski definition) is 7. The molecule has 0 fully saturated rings. The fourth-order valence-corrected chi connectivity index (χ4v) is 5.37. The Balaban J connectivity index is 1.49. The maximum atomic E-state index is 13.3. The third-order valence-corrected chi connectivity index (χ3v) is 8.04. The number of ether oxygens (including phenoxy) is 1. The highest BCUT2D eigenvalue weighted by Crippen LogP contribution is 2.27. The minimum absolute atomic E-state index is 0.130. The molecule has 1 atom stereocenters. The molecule has 12 heteroatoms. The summed E-state index contributed by atoms with van der Waals surface area (Å²) >= 11 is 5.86. The largest absolute Gasteiger partial charge is 0.457 e. The molecule has 0 aliphatic carbocycles. The first-order chi connectivity index (χ1) is 17.6. The van der Waals surface area contributed by atoms with E-state index < -0.39 is 33.8 Å². The van der Waals surface area contributed by atoms with Crippen LogP contribution in [0.5, 0.6) is 11.5 Å². The van der Waals surface area contributed by atoms with Gasteiger partial charge in [0, 0.05) is 18.6 Å². The van der Waals surface area contributed by atoms with Crippen LogP contribution in [-0.2, 0) is 14.8 Å². The molecule has 0 radical (unpaired) electrons. The minimum Gasteiger partial charge on any atom is -0.457 e. The molecule has 0 bridgehead atoms. The Hall–Kier alpha value is -3.77. The zero-order valence-corrected chi connectivity index (χ0v) is 21.1. The highest BCUT2D eigenvalue weighted by Gasteiger charge is 2.38. The number of carbonyl (C=O) groups excluding carboxylic acids is 3. The van der Waals surface area contributed by atoms with E-state index in [4.69, 9.17) is 16.3 Å². The monoisotopic (exact) mass is 543 g/mol. The summed E-state index contributed by atoms with van der Waals surface area (Å²) in [6, 6.07) is 17.0. The summed E-state index contributed by atoms with van der Waals surface area (Å²) in [5.41, 5.74) is 1.93. The van der Waals surface area contributed by atoms with Crippen LogP contribution in [0.3, 0.4) is 0 Å². The van der Waals surface area contributed by atoms with Crippen LogP contribution in [-0.4, -0.2) is 60.2 Å². The Morgan fingerprint density at radius 2 is 1.49 bits per heavy atom. The van der Waals surface area contributed by atoms with Crippen LogP contribution < -0.4 is 10.2 Å². The lowest BCUT2D eigenvalue weighted by Gasteiger charge is -2.27. The Labute approximate surface area is 218 Å². The molecule has 0 saturated heterocycles. The number of halogens is 1. The molecule has 4 rings (SSSR count). The van der Waals surface area contributed by atoms with Crippen molar-refractivity contribution in [2.45, 2.75) is 17.4 Å². The summed E-state index contributed by atoms with van der Waals surface area (Å²) < 4.78 is 33.0. The first kappa shape index (κ1) is 26.3. The van der Waals surface area contributed by atoms with Crippen molar-refractivity contribution < 1.29 is 32.7 Å². The number of hydrogen-bond donors (Lipinski definition) is 2. The highest BCUT2D eigenvalue weighted by molar-refractivity contribution is 7.89. The molecule has 3 amide bonds. The zero-order chi connectivity index (χ0) is 26.7. The number of fused-ring (bicyclic) bond motifs is 1. The second kappa shape index (κ2) is 10.7. The summed E-state index contributed by atoms with van der Waals surface area (Å²) in [6.45, 7) is -0.238. The number of nitrogens with one attached hydrogen (secondary N) is 1. The van der Waals surface area contributed by atoms with Gasteiger partial charge in [-0.2, -0.15) is 4.31 Å². The van der Waals surface area contributed by atoms with Gasteiger partial charge in [-0.25, -0.2) is 13.9 Å². The summed E-state index contributed by atoms with van der Waals surface area (Å²) in [5.74, 6) is -1.20. The van der Waals surface area contributed by atoms with E-state index in [-0.39, 0.29) is 29.0 Å². The molecule has 1 aliphatic heterocycles.